The Labute approximate surface area is 161 Å². The minimum Gasteiger partial charge on any atom is -0.491 e. The number of rotatable bonds is 7. The standard InChI is InChI=1S/C20H21FN2O5/c1-11(14-10-17(20(25)26)23-16-5-7-28-18(14)16)12-3-4-13(15(21)9-12)19(24)22-6-8-27-2/h3-4,9-11H,5-8H2,1-2H3,(H,22,24)(H,25,26). The Morgan fingerprint density at radius 3 is 2.86 bits per heavy atom. The number of halogens is 1. The van der Waals surface area contributed by atoms with Crippen LogP contribution in [-0.2, 0) is 11.2 Å². The lowest BCUT2D eigenvalue weighted by Gasteiger charge is -2.17. The van der Waals surface area contributed by atoms with Gasteiger partial charge in [0.15, 0.2) is 0 Å². The van der Waals surface area contributed by atoms with Crippen LogP contribution in [0.1, 0.15) is 50.5 Å². The molecule has 1 unspecified atom stereocenters. The molecule has 0 bridgehead atoms. The van der Waals surface area contributed by atoms with Crippen molar-refractivity contribution in [3.05, 3.63) is 58.2 Å². The van der Waals surface area contributed by atoms with Crippen LogP contribution in [0, 0.1) is 5.82 Å². The molecule has 0 saturated carbocycles. The number of pyridine rings is 1. The monoisotopic (exact) mass is 388 g/mol. The van der Waals surface area contributed by atoms with Crippen molar-refractivity contribution in [2.45, 2.75) is 19.3 Å². The summed E-state index contributed by atoms with van der Waals surface area (Å²) >= 11 is 0. The van der Waals surface area contributed by atoms with E-state index in [1.54, 1.807) is 6.07 Å². The summed E-state index contributed by atoms with van der Waals surface area (Å²) in [6, 6.07) is 5.82. The number of ether oxygens (including phenoxy) is 2. The number of carbonyl (C=O) groups is 2. The molecular weight excluding hydrogens is 367 g/mol. The highest BCUT2D eigenvalue weighted by Crippen LogP contribution is 2.37. The van der Waals surface area contributed by atoms with E-state index < -0.39 is 17.7 Å². The average molecular weight is 388 g/mol. The van der Waals surface area contributed by atoms with Gasteiger partial charge in [-0.15, -0.1) is 0 Å². The second-order valence-electron chi connectivity index (χ2n) is 6.49. The van der Waals surface area contributed by atoms with Gasteiger partial charge in [-0.05, 0) is 23.8 Å². The molecule has 28 heavy (non-hydrogen) atoms. The summed E-state index contributed by atoms with van der Waals surface area (Å²) in [6.45, 7) is 2.88. The Bertz CT molecular complexity index is 916. The molecular formula is C20H21FN2O5. The Hall–Kier alpha value is -3.00. The third-order valence-electron chi connectivity index (χ3n) is 4.67. The van der Waals surface area contributed by atoms with E-state index in [0.717, 1.165) is 0 Å². The number of carbonyl (C=O) groups excluding carboxylic acids is 1. The van der Waals surface area contributed by atoms with Crippen molar-refractivity contribution in [3.8, 4) is 5.75 Å². The number of amides is 1. The SMILES string of the molecule is COCCNC(=O)c1ccc(C(C)c2cc(C(=O)O)nc3c2OCC3)cc1F. The smallest absolute Gasteiger partial charge is 0.354 e. The van der Waals surface area contributed by atoms with Crippen molar-refractivity contribution in [3.63, 3.8) is 0 Å². The second-order valence-corrected chi connectivity index (χ2v) is 6.49. The Balaban J connectivity index is 1.89. The van der Waals surface area contributed by atoms with E-state index in [2.05, 4.69) is 10.3 Å². The summed E-state index contributed by atoms with van der Waals surface area (Å²) < 4.78 is 25.0. The van der Waals surface area contributed by atoms with Gasteiger partial charge in [0.2, 0.25) is 0 Å². The molecule has 0 radical (unpaired) electrons. The fourth-order valence-corrected chi connectivity index (χ4v) is 3.15. The fraction of sp³-hybridized carbons (Fsp3) is 0.350. The van der Waals surface area contributed by atoms with Crippen LogP contribution in [0.15, 0.2) is 24.3 Å². The predicted molar refractivity (Wildman–Crippen MR) is 98.5 cm³/mol. The number of methoxy groups -OCH3 is 1. The van der Waals surface area contributed by atoms with Gasteiger partial charge in [-0.1, -0.05) is 13.0 Å². The number of benzene rings is 1. The van der Waals surface area contributed by atoms with Gasteiger partial charge in [-0.2, -0.15) is 0 Å². The van der Waals surface area contributed by atoms with Crippen molar-refractivity contribution >= 4 is 11.9 Å². The summed E-state index contributed by atoms with van der Waals surface area (Å²) in [4.78, 5) is 27.6. The molecule has 1 amide bonds. The first-order chi connectivity index (χ1) is 13.4. The van der Waals surface area contributed by atoms with Gasteiger partial charge < -0.3 is 19.9 Å². The molecule has 1 aromatic heterocycles. The van der Waals surface area contributed by atoms with Gasteiger partial charge in [0.05, 0.1) is 24.5 Å². The predicted octanol–water partition coefficient (Wildman–Crippen LogP) is 2.38. The molecule has 1 aromatic carbocycles. The lowest BCUT2D eigenvalue weighted by Crippen LogP contribution is -2.27. The maximum absolute atomic E-state index is 14.5. The zero-order valence-corrected chi connectivity index (χ0v) is 15.6. The van der Waals surface area contributed by atoms with Gasteiger partial charge in [0.25, 0.3) is 5.91 Å². The molecule has 148 valence electrons. The van der Waals surface area contributed by atoms with Crippen molar-refractivity contribution in [2.75, 3.05) is 26.9 Å². The van der Waals surface area contributed by atoms with Crippen LogP contribution < -0.4 is 10.1 Å². The zero-order valence-electron chi connectivity index (χ0n) is 15.6. The summed E-state index contributed by atoms with van der Waals surface area (Å²) in [6.07, 6.45) is 0.533. The van der Waals surface area contributed by atoms with Crippen molar-refractivity contribution < 1.29 is 28.6 Å². The van der Waals surface area contributed by atoms with Crippen molar-refractivity contribution in [1.29, 1.82) is 0 Å². The number of hydrogen-bond donors (Lipinski definition) is 2. The molecule has 0 spiro atoms. The third kappa shape index (κ3) is 3.96. The molecule has 0 fully saturated rings. The number of nitrogens with one attached hydrogen (secondary N) is 1. The van der Waals surface area contributed by atoms with Gasteiger partial charge in [-0.3, -0.25) is 4.79 Å². The Kier molecular flexibility index (Phi) is 5.89. The number of hydrogen-bond acceptors (Lipinski definition) is 5. The van der Waals surface area contributed by atoms with E-state index in [-0.39, 0.29) is 23.7 Å². The van der Waals surface area contributed by atoms with E-state index >= 15 is 0 Å². The van der Waals surface area contributed by atoms with E-state index in [1.165, 1.54) is 25.3 Å². The van der Waals surface area contributed by atoms with E-state index in [9.17, 15) is 19.1 Å². The first-order valence-electron chi connectivity index (χ1n) is 8.88. The number of aromatic carboxylic acids is 1. The largest absolute Gasteiger partial charge is 0.491 e. The maximum atomic E-state index is 14.5. The second kappa shape index (κ2) is 8.35. The Morgan fingerprint density at radius 2 is 2.18 bits per heavy atom. The molecule has 8 heteroatoms. The van der Waals surface area contributed by atoms with E-state index in [1.807, 2.05) is 6.92 Å². The number of fused-ring (bicyclic) bond motifs is 1. The van der Waals surface area contributed by atoms with E-state index in [4.69, 9.17) is 9.47 Å². The quantitative estimate of drug-likeness (QED) is 0.707. The molecule has 2 heterocycles. The van der Waals surface area contributed by atoms with E-state index in [0.29, 0.717) is 42.2 Å². The fourth-order valence-electron chi connectivity index (χ4n) is 3.15. The molecule has 1 aliphatic heterocycles. The number of carboxylic acids is 1. The van der Waals surface area contributed by atoms with Crippen LogP contribution in [0.4, 0.5) is 4.39 Å². The molecule has 2 aromatic rings. The van der Waals surface area contributed by atoms with Crippen LogP contribution in [0.3, 0.4) is 0 Å². The zero-order chi connectivity index (χ0) is 20.3. The number of carboxylic acid groups (broad SMARTS) is 1. The minimum atomic E-state index is -1.13. The summed E-state index contributed by atoms with van der Waals surface area (Å²) in [7, 11) is 1.51. The first kappa shape index (κ1) is 19.8. The summed E-state index contributed by atoms with van der Waals surface area (Å²) in [5.74, 6) is -2.08. The number of aromatic nitrogens is 1. The highest BCUT2D eigenvalue weighted by atomic mass is 19.1. The van der Waals surface area contributed by atoms with Gasteiger partial charge in [0, 0.05) is 31.6 Å². The van der Waals surface area contributed by atoms with Crippen molar-refractivity contribution in [2.24, 2.45) is 0 Å². The average Bonchev–Trinajstić information content (AvgIpc) is 3.15. The third-order valence-corrected chi connectivity index (χ3v) is 4.67. The summed E-state index contributed by atoms with van der Waals surface area (Å²) in [5.41, 5.74) is 1.70. The lowest BCUT2D eigenvalue weighted by atomic mass is 9.91. The van der Waals surface area contributed by atoms with Crippen LogP contribution in [0.5, 0.6) is 5.75 Å². The Morgan fingerprint density at radius 1 is 1.39 bits per heavy atom. The van der Waals surface area contributed by atoms with Crippen LogP contribution >= 0.6 is 0 Å². The van der Waals surface area contributed by atoms with Gasteiger partial charge in [-0.25, -0.2) is 14.2 Å². The molecule has 0 saturated heterocycles. The molecule has 7 nitrogen and oxygen atoms in total. The van der Waals surface area contributed by atoms with Gasteiger partial charge >= 0.3 is 5.97 Å². The first-order valence-corrected chi connectivity index (χ1v) is 8.88. The molecule has 3 rings (SSSR count). The van der Waals surface area contributed by atoms with Crippen LogP contribution in [-0.4, -0.2) is 48.8 Å². The molecule has 0 aliphatic carbocycles. The van der Waals surface area contributed by atoms with Crippen molar-refractivity contribution in [1.82, 2.24) is 10.3 Å². The molecule has 2 N–H and O–H groups in total. The topological polar surface area (TPSA) is 97.8 Å². The highest BCUT2D eigenvalue weighted by molar-refractivity contribution is 5.94. The normalized spacial score (nSPS) is 13.5. The number of nitrogens with zero attached hydrogens (tertiary/aromatic N) is 1. The lowest BCUT2D eigenvalue weighted by molar-refractivity contribution is 0.0689. The van der Waals surface area contributed by atoms with Crippen LogP contribution in [0.25, 0.3) is 0 Å². The highest BCUT2D eigenvalue weighted by Gasteiger charge is 2.26. The molecule has 1 aliphatic rings. The van der Waals surface area contributed by atoms with Gasteiger partial charge in [0.1, 0.15) is 17.3 Å². The maximum Gasteiger partial charge on any atom is 0.354 e. The summed E-state index contributed by atoms with van der Waals surface area (Å²) in [5, 5.41) is 11.9. The van der Waals surface area contributed by atoms with Crippen LogP contribution in [0.2, 0.25) is 0 Å². The minimum absolute atomic E-state index is 0.0607. The molecule has 1 atom stereocenters.